The molecule has 2 heterocycles. The van der Waals surface area contributed by atoms with Gasteiger partial charge in [-0.05, 0) is 108 Å². The summed E-state index contributed by atoms with van der Waals surface area (Å²) < 4.78 is 13.3. The Balaban J connectivity index is 0.000000450. The van der Waals surface area contributed by atoms with Gasteiger partial charge in [-0.15, -0.1) is 0 Å². The van der Waals surface area contributed by atoms with Crippen LogP contribution < -0.4 is 14.8 Å². The van der Waals surface area contributed by atoms with Gasteiger partial charge in [-0.2, -0.15) is 6.67 Å². The average molecular weight is 819 g/mol. The first kappa shape index (κ1) is 45.9. The van der Waals surface area contributed by atoms with Gasteiger partial charge in [-0.3, -0.25) is 16.8 Å². The van der Waals surface area contributed by atoms with Crippen LogP contribution in [0.15, 0.2) is 120 Å². The Morgan fingerprint density at radius 2 is 1.31 bits per heavy atom. The molecule has 0 spiro atoms. The second-order valence-electron chi connectivity index (χ2n) is 13.6. The number of benzene rings is 3. The third kappa shape index (κ3) is 11.4. The zero-order valence-electron chi connectivity index (χ0n) is 33.8. The molecule has 2 aliphatic heterocycles. The molecule has 2 atom stereocenters. The number of hydrazine groups is 1. The molecule has 0 aromatic heterocycles. The van der Waals surface area contributed by atoms with Crippen molar-refractivity contribution in [1.29, 1.82) is 0 Å². The summed E-state index contributed by atoms with van der Waals surface area (Å²) in [6, 6.07) is 26.7. The average Bonchev–Trinajstić information content (AvgIpc) is 3.65. The zero-order valence-corrected chi connectivity index (χ0v) is 35.7. The Labute approximate surface area is 339 Å². The van der Waals surface area contributed by atoms with E-state index >= 15 is 0 Å². The van der Waals surface area contributed by atoms with Crippen LogP contribution in [0.1, 0.15) is 83.8 Å². The van der Waals surface area contributed by atoms with Crippen molar-refractivity contribution >= 4 is 18.2 Å². The Hall–Kier alpha value is -4.29. The number of nitrogens with zero attached hydrogens (tertiary/aromatic N) is 4. The molecule has 0 saturated heterocycles. The van der Waals surface area contributed by atoms with E-state index < -0.39 is 6.23 Å². The predicted octanol–water partition coefficient (Wildman–Crippen LogP) is 11.0. The fourth-order valence-electron chi connectivity index (χ4n) is 6.77. The summed E-state index contributed by atoms with van der Waals surface area (Å²) in [5, 5.41) is 4.18. The number of hydrogen-bond donors (Lipinski definition) is 0. The summed E-state index contributed by atoms with van der Waals surface area (Å²) in [4.78, 5) is 12.3. The summed E-state index contributed by atoms with van der Waals surface area (Å²) in [5.41, 5.74) is 8.34. The third-order valence-corrected chi connectivity index (χ3v) is 9.50. The van der Waals surface area contributed by atoms with Crippen LogP contribution in [0.25, 0.3) is 0 Å². The Bertz CT molecular complexity index is 1660. The SMILES string of the molecule is CC1=C(OC2=[C-]C(Oc3c(C)cccc3C)N(c3ccccc3)N2c2ccccc2)[C@H](C)CC=C1.CCCCC1=C(CCCC)N(C)[CH-]N1C.[CH-]=O.[CH3-].[RuH]. The minimum atomic E-state index is -0.511. The van der Waals surface area contributed by atoms with E-state index in [0.717, 1.165) is 46.0 Å². The van der Waals surface area contributed by atoms with E-state index in [1.54, 1.807) is 0 Å². The van der Waals surface area contributed by atoms with Crippen LogP contribution in [-0.4, -0.2) is 36.9 Å². The summed E-state index contributed by atoms with van der Waals surface area (Å²) in [6.45, 7) is 18.4. The second-order valence-corrected chi connectivity index (χ2v) is 13.6. The zero-order chi connectivity index (χ0) is 37.6. The normalized spacial score (nSPS) is 17.5. The first-order valence-corrected chi connectivity index (χ1v) is 18.6. The molecule has 8 heteroatoms. The first-order valence-electron chi connectivity index (χ1n) is 18.6. The molecule has 1 aliphatic carbocycles. The molecule has 7 nitrogen and oxygen atoms in total. The van der Waals surface area contributed by atoms with Crippen molar-refractivity contribution in [3.63, 3.8) is 0 Å². The summed E-state index contributed by atoms with van der Waals surface area (Å²) in [6.07, 6.45) is 16.0. The Kier molecular flexibility index (Phi) is 19.4. The van der Waals surface area contributed by atoms with E-state index in [1.807, 2.05) is 36.4 Å². The Morgan fingerprint density at radius 3 is 1.81 bits per heavy atom. The van der Waals surface area contributed by atoms with E-state index in [0.29, 0.717) is 5.88 Å². The molecular formula is C46H61N4O3Ru-4. The fourth-order valence-corrected chi connectivity index (χ4v) is 6.77. The number of anilines is 2. The minimum absolute atomic E-state index is 0. The monoisotopic (exact) mass is 819 g/mol. The number of allylic oxidation sites excluding steroid dienone is 6. The molecule has 0 amide bonds. The van der Waals surface area contributed by atoms with Gasteiger partial charge >= 0.3 is 19.5 Å². The molecule has 6 rings (SSSR count). The quantitative estimate of drug-likeness (QED) is 0.102. The summed E-state index contributed by atoms with van der Waals surface area (Å²) in [7, 11) is 4.33. The van der Waals surface area contributed by atoms with Gasteiger partial charge in [0, 0.05) is 23.2 Å². The molecule has 54 heavy (non-hydrogen) atoms. The molecule has 1 unspecified atom stereocenters. The first-order chi connectivity index (χ1) is 25.2. The Morgan fingerprint density at radius 1 is 0.796 bits per heavy atom. The molecule has 0 N–H and O–H groups in total. The maximum absolute atomic E-state index is 7.75. The van der Waals surface area contributed by atoms with Gasteiger partial charge in [0.25, 0.3) is 0 Å². The van der Waals surface area contributed by atoms with E-state index in [-0.39, 0.29) is 32.8 Å². The number of unbranched alkanes of at least 4 members (excludes halogenated alkanes) is 2. The van der Waals surface area contributed by atoms with Crippen molar-refractivity contribution in [3.8, 4) is 5.75 Å². The molecule has 0 bridgehead atoms. The van der Waals surface area contributed by atoms with Crippen LogP contribution in [0.3, 0.4) is 0 Å². The van der Waals surface area contributed by atoms with Crippen LogP contribution >= 0.6 is 0 Å². The molecule has 0 fully saturated rings. The van der Waals surface area contributed by atoms with E-state index in [2.05, 4.69) is 150 Å². The third-order valence-electron chi connectivity index (χ3n) is 9.50. The standard InChI is InChI=1S/C31H31N2O2.C13H25N2.CHO.CH3.Ru.H/c1-22-13-11-14-23(2)30(22)34-28-21-29(35-31-24(3)15-12-16-25(31)4)33(27-19-9-6-10-20-27)32(28)26-17-7-5-8-18-26;1-5-7-9-12-13(10-8-6-2)15(4)11-14(12)3;1-2;;;/h5-15,17-20,25,28H,16H2,1-4H3;11H,5-10H2,1-4H3;1H;1H3;;/q4*-1;;/t25-,28?;;;;;/m1...../s1. The molecule has 3 aromatic carbocycles. The summed E-state index contributed by atoms with van der Waals surface area (Å²) in [5.74, 6) is 2.74. The van der Waals surface area contributed by atoms with E-state index in [1.165, 1.54) is 49.9 Å². The number of para-hydroxylation sites is 3. The van der Waals surface area contributed by atoms with Crippen molar-refractivity contribution in [2.75, 3.05) is 24.1 Å². The van der Waals surface area contributed by atoms with Gasteiger partial charge in [0.1, 0.15) is 11.5 Å². The molecule has 0 saturated carbocycles. The van der Waals surface area contributed by atoms with Gasteiger partial charge in [-0.25, -0.2) is 0 Å². The van der Waals surface area contributed by atoms with Crippen molar-refractivity contribution in [2.45, 2.75) is 92.7 Å². The van der Waals surface area contributed by atoms with E-state index in [4.69, 9.17) is 14.3 Å². The molecule has 0 radical (unpaired) electrons. The van der Waals surface area contributed by atoms with Gasteiger partial charge in [0.2, 0.25) is 0 Å². The predicted molar refractivity (Wildman–Crippen MR) is 222 cm³/mol. The number of hydrogen-bond acceptors (Lipinski definition) is 7. The van der Waals surface area contributed by atoms with Crippen molar-refractivity contribution < 1.29 is 33.7 Å². The second kappa shape index (κ2) is 22.8. The van der Waals surface area contributed by atoms with Gasteiger partial charge < -0.3 is 37.6 Å². The maximum atomic E-state index is 7.75. The van der Waals surface area contributed by atoms with Crippen LogP contribution in [0, 0.1) is 39.9 Å². The topological polar surface area (TPSA) is 48.5 Å². The fraction of sp³-hybridized carbons (Fsp3) is 0.370. The van der Waals surface area contributed by atoms with Crippen molar-refractivity contribution in [3.05, 3.63) is 151 Å². The van der Waals surface area contributed by atoms with Crippen molar-refractivity contribution in [2.24, 2.45) is 5.92 Å². The van der Waals surface area contributed by atoms with Gasteiger partial charge in [-0.1, -0.05) is 100 Å². The molecule has 3 aromatic rings. The van der Waals surface area contributed by atoms with Crippen molar-refractivity contribution in [1.82, 2.24) is 9.80 Å². The number of aryl methyl sites for hydroxylation is 2. The summed E-state index contributed by atoms with van der Waals surface area (Å²) >= 11 is 0. The molecular weight excluding hydrogens is 758 g/mol. The molecule has 3 aliphatic rings. The number of rotatable bonds is 12. The van der Waals surface area contributed by atoms with Crippen LogP contribution in [0.5, 0.6) is 5.75 Å². The van der Waals surface area contributed by atoms with Gasteiger partial charge in [0.15, 0.2) is 0 Å². The van der Waals surface area contributed by atoms with Crippen LogP contribution in [0.4, 0.5) is 11.4 Å². The number of ether oxygens (including phenoxy) is 2. The molecule has 295 valence electrons. The van der Waals surface area contributed by atoms with E-state index in [9.17, 15) is 0 Å². The number of carbonyl (C=O) groups excluding carboxylic acids is 1. The van der Waals surface area contributed by atoms with Crippen LogP contribution in [0.2, 0.25) is 0 Å². The van der Waals surface area contributed by atoms with Gasteiger partial charge in [0.05, 0.1) is 17.6 Å². The van der Waals surface area contributed by atoms with Crippen LogP contribution in [-0.2, 0) is 29.0 Å².